The second-order valence-corrected chi connectivity index (χ2v) is 4.47. The van der Waals surface area contributed by atoms with Crippen LogP contribution in [0, 0.1) is 0 Å². The first-order valence-electron chi connectivity index (χ1n) is 5.49. The topological polar surface area (TPSA) is 46.5 Å². The zero-order valence-corrected chi connectivity index (χ0v) is 9.64. The number of carbonyl (C=O) groups is 1. The van der Waals surface area contributed by atoms with Crippen LogP contribution < -0.4 is 0 Å². The number of aliphatic hydroxyl groups is 1. The first kappa shape index (κ1) is 16.1. The van der Waals surface area contributed by atoms with Crippen LogP contribution in [-0.4, -0.2) is 35.1 Å². The average molecular weight is 294 g/mol. The molecule has 0 aromatic rings. The van der Waals surface area contributed by atoms with Crippen molar-refractivity contribution < 1.29 is 41.0 Å². The molecule has 1 rings (SSSR count). The number of ether oxygens (including phenoxy) is 1. The standard InChI is InChI=1S/C10H12F6O3/c11-8(9(12,13)14,10(15,16)18)7(19-6-17)4-2-1-3-5-7/h6,18H,1-5H2. The lowest BCUT2D eigenvalue weighted by atomic mass is 9.72. The van der Waals surface area contributed by atoms with Crippen LogP contribution in [0.3, 0.4) is 0 Å². The van der Waals surface area contributed by atoms with Crippen molar-refractivity contribution in [2.24, 2.45) is 0 Å². The summed E-state index contributed by atoms with van der Waals surface area (Å²) in [7, 11) is 0. The molecule has 1 aliphatic rings. The third-order valence-corrected chi connectivity index (χ3v) is 3.37. The van der Waals surface area contributed by atoms with Gasteiger partial charge in [-0.1, -0.05) is 6.42 Å². The van der Waals surface area contributed by atoms with Crippen molar-refractivity contribution in [1.82, 2.24) is 0 Å². The maximum absolute atomic E-state index is 14.1. The zero-order valence-electron chi connectivity index (χ0n) is 9.64. The Kier molecular flexibility index (Phi) is 4.09. The number of carbonyl (C=O) groups excluding carboxylic acids is 1. The molecule has 0 radical (unpaired) electrons. The first-order chi connectivity index (χ1) is 8.52. The Morgan fingerprint density at radius 2 is 1.47 bits per heavy atom. The summed E-state index contributed by atoms with van der Waals surface area (Å²) >= 11 is 0. The van der Waals surface area contributed by atoms with E-state index in [-0.39, 0.29) is 12.8 Å². The second-order valence-electron chi connectivity index (χ2n) is 4.47. The van der Waals surface area contributed by atoms with Crippen LogP contribution in [-0.2, 0) is 9.53 Å². The van der Waals surface area contributed by atoms with E-state index in [0.29, 0.717) is 6.42 Å². The average Bonchev–Trinajstić information content (AvgIpc) is 2.26. The van der Waals surface area contributed by atoms with Gasteiger partial charge < -0.3 is 9.84 Å². The summed E-state index contributed by atoms with van der Waals surface area (Å²) in [5.74, 6) is 0. The van der Waals surface area contributed by atoms with Crippen molar-refractivity contribution in [1.29, 1.82) is 0 Å². The predicted molar refractivity (Wildman–Crippen MR) is 50.0 cm³/mol. The van der Waals surface area contributed by atoms with E-state index in [4.69, 9.17) is 5.11 Å². The number of rotatable bonds is 4. The van der Waals surface area contributed by atoms with Crippen LogP contribution in [0.1, 0.15) is 32.1 Å². The van der Waals surface area contributed by atoms with Crippen molar-refractivity contribution in [2.45, 2.75) is 55.7 Å². The highest BCUT2D eigenvalue weighted by atomic mass is 19.4. The Labute approximate surface area is 104 Å². The highest BCUT2D eigenvalue weighted by Crippen LogP contribution is 2.56. The normalized spacial score (nSPS) is 23.5. The van der Waals surface area contributed by atoms with Gasteiger partial charge in [-0.3, -0.25) is 4.79 Å². The molecule has 19 heavy (non-hydrogen) atoms. The monoisotopic (exact) mass is 294 g/mol. The highest BCUT2D eigenvalue weighted by Gasteiger charge is 2.81. The first-order valence-corrected chi connectivity index (χ1v) is 5.49. The Morgan fingerprint density at radius 3 is 1.79 bits per heavy atom. The van der Waals surface area contributed by atoms with E-state index in [1.54, 1.807) is 0 Å². The largest absolute Gasteiger partial charge is 0.457 e. The molecule has 1 unspecified atom stereocenters. The zero-order chi connectivity index (χ0) is 14.9. The third-order valence-electron chi connectivity index (χ3n) is 3.37. The van der Waals surface area contributed by atoms with E-state index >= 15 is 0 Å². The molecule has 0 aromatic heterocycles. The Hall–Kier alpha value is -0.990. The molecule has 0 aromatic carbocycles. The Morgan fingerprint density at radius 1 is 1.00 bits per heavy atom. The molecular formula is C10H12F6O3. The van der Waals surface area contributed by atoms with Crippen LogP contribution in [0.5, 0.6) is 0 Å². The quantitative estimate of drug-likeness (QED) is 0.640. The van der Waals surface area contributed by atoms with E-state index in [1.807, 2.05) is 0 Å². The van der Waals surface area contributed by atoms with Crippen LogP contribution in [0.4, 0.5) is 26.3 Å². The SMILES string of the molecule is O=COC1(C(F)(C(O)(F)F)C(F)(F)F)CCCCC1. The molecule has 0 amide bonds. The van der Waals surface area contributed by atoms with Gasteiger partial charge in [0, 0.05) is 0 Å². The highest BCUT2D eigenvalue weighted by molar-refractivity contribution is 5.40. The fourth-order valence-electron chi connectivity index (χ4n) is 2.46. The van der Waals surface area contributed by atoms with Crippen LogP contribution >= 0.6 is 0 Å². The van der Waals surface area contributed by atoms with E-state index < -0.39 is 42.9 Å². The van der Waals surface area contributed by atoms with Crippen molar-refractivity contribution in [3.8, 4) is 0 Å². The molecule has 0 saturated heterocycles. The molecule has 3 nitrogen and oxygen atoms in total. The molecule has 0 spiro atoms. The predicted octanol–water partition coefficient (Wildman–Crippen LogP) is 2.72. The van der Waals surface area contributed by atoms with Gasteiger partial charge in [-0.15, -0.1) is 0 Å². The van der Waals surface area contributed by atoms with Gasteiger partial charge in [-0.25, -0.2) is 4.39 Å². The van der Waals surface area contributed by atoms with Gasteiger partial charge in [-0.05, 0) is 25.7 Å². The lowest BCUT2D eigenvalue weighted by Crippen LogP contribution is -2.70. The third kappa shape index (κ3) is 2.39. The Bertz CT molecular complexity index is 315. The summed E-state index contributed by atoms with van der Waals surface area (Å²) in [5.41, 5.74) is -8.45. The lowest BCUT2D eigenvalue weighted by molar-refractivity contribution is -0.410. The molecule has 9 heteroatoms. The lowest BCUT2D eigenvalue weighted by Gasteiger charge is -2.47. The smallest absolute Gasteiger partial charge is 0.435 e. The molecule has 1 atom stereocenters. The fraction of sp³-hybridized carbons (Fsp3) is 0.900. The maximum atomic E-state index is 14.1. The van der Waals surface area contributed by atoms with Gasteiger partial charge in [0.15, 0.2) is 5.60 Å². The van der Waals surface area contributed by atoms with Gasteiger partial charge >= 0.3 is 18.0 Å². The number of alkyl halides is 6. The van der Waals surface area contributed by atoms with Gasteiger partial charge in [0.25, 0.3) is 6.47 Å². The van der Waals surface area contributed by atoms with Crippen LogP contribution in [0.15, 0.2) is 0 Å². The molecule has 1 aliphatic carbocycles. The fourth-order valence-corrected chi connectivity index (χ4v) is 2.46. The molecule has 0 heterocycles. The Balaban J connectivity index is 3.38. The molecule has 1 saturated carbocycles. The van der Waals surface area contributed by atoms with E-state index in [1.165, 1.54) is 0 Å². The summed E-state index contributed by atoms with van der Waals surface area (Å²) < 4.78 is 82.2. The van der Waals surface area contributed by atoms with Crippen molar-refractivity contribution in [3.05, 3.63) is 0 Å². The minimum Gasteiger partial charge on any atom is -0.457 e. The summed E-state index contributed by atoms with van der Waals surface area (Å²) in [6, 6.07) is 0. The van der Waals surface area contributed by atoms with E-state index in [0.717, 1.165) is 0 Å². The van der Waals surface area contributed by atoms with E-state index in [9.17, 15) is 31.1 Å². The van der Waals surface area contributed by atoms with Gasteiger partial charge in [-0.2, -0.15) is 22.0 Å². The summed E-state index contributed by atoms with van der Waals surface area (Å²) in [6.45, 7) is -0.503. The van der Waals surface area contributed by atoms with Crippen LogP contribution in [0.2, 0.25) is 0 Å². The molecule has 112 valence electrons. The van der Waals surface area contributed by atoms with Gasteiger partial charge in [0.05, 0.1) is 0 Å². The van der Waals surface area contributed by atoms with E-state index in [2.05, 4.69) is 4.74 Å². The number of hydrogen-bond acceptors (Lipinski definition) is 3. The maximum Gasteiger partial charge on any atom is 0.435 e. The van der Waals surface area contributed by atoms with Gasteiger partial charge in [0.1, 0.15) is 0 Å². The van der Waals surface area contributed by atoms with Crippen molar-refractivity contribution >= 4 is 6.47 Å². The molecule has 0 bridgehead atoms. The van der Waals surface area contributed by atoms with Crippen molar-refractivity contribution in [3.63, 3.8) is 0 Å². The minimum absolute atomic E-state index is 0.0222. The minimum atomic E-state index is -6.09. The van der Waals surface area contributed by atoms with Crippen molar-refractivity contribution in [2.75, 3.05) is 0 Å². The number of hydrogen-bond donors (Lipinski definition) is 1. The number of halogens is 6. The molecule has 0 aliphatic heterocycles. The summed E-state index contributed by atoms with van der Waals surface area (Å²) in [6.07, 6.45) is -12.9. The molecule has 1 N–H and O–H groups in total. The molecular weight excluding hydrogens is 282 g/mol. The molecule has 1 fully saturated rings. The summed E-state index contributed by atoms with van der Waals surface area (Å²) in [5, 5.41) is 8.39. The van der Waals surface area contributed by atoms with Crippen LogP contribution in [0.25, 0.3) is 0 Å². The van der Waals surface area contributed by atoms with Gasteiger partial charge in [0.2, 0.25) is 0 Å². The summed E-state index contributed by atoms with van der Waals surface area (Å²) in [4.78, 5) is 10.3. The second kappa shape index (κ2) is 4.84.